The van der Waals surface area contributed by atoms with Crippen molar-refractivity contribution in [1.29, 1.82) is 0 Å². The van der Waals surface area contributed by atoms with Gasteiger partial charge in [-0.1, -0.05) is 29.8 Å². The molecule has 0 aromatic heterocycles. The highest BCUT2D eigenvalue weighted by atomic mass is 79.9. The van der Waals surface area contributed by atoms with Crippen molar-refractivity contribution in [3.63, 3.8) is 0 Å². The summed E-state index contributed by atoms with van der Waals surface area (Å²) < 4.78 is 0. The van der Waals surface area contributed by atoms with Gasteiger partial charge in [-0.2, -0.15) is 0 Å². The predicted molar refractivity (Wildman–Crippen MR) is 112 cm³/mol. The van der Waals surface area contributed by atoms with E-state index in [9.17, 15) is 9.59 Å². The van der Waals surface area contributed by atoms with Gasteiger partial charge in [-0.3, -0.25) is 19.4 Å². The van der Waals surface area contributed by atoms with Crippen LogP contribution in [0.2, 0.25) is 5.02 Å². The molecule has 2 aromatic rings. The maximum absolute atomic E-state index is 12.4. The zero-order valence-electron chi connectivity index (χ0n) is 14.8. The lowest BCUT2D eigenvalue weighted by Crippen LogP contribution is -2.49. The summed E-state index contributed by atoms with van der Waals surface area (Å²) in [6.07, 6.45) is 0. The van der Waals surface area contributed by atoms with Gasteiger partial charge < -0.3 is 4.90 Å². The molecule has 27 heavy (non-hydrogen) atoms. The van der Waals surface area contributed by atoms with E-state index in [-0.39, 0.29) is 28.8 Å². The molecule has 0 spiro atoms. The number of anilines is 1. The smallest absolute Gasteiger partial charge is 0.261 e. The van der Waals surface area contributed by atoms with Crippen LogP contribution >= 0.6 is 28.6 Å². The molecule has 7 heteroatoms. The minimum atomic E-state index is -0.178. The van der Waals surface area contributed by atoms with Gasteiger partial charge in [-0.05, 0) is 30.3 Å². The zero-order chi connectivity index (χ0) is 18.1. The molecule has 1 saturated heterocycles. The van der Waals surface area contributed by atoms with Crippen LogP contribution in [-0.2, 0) is 0 Å². The van der Waals surface area contributed by atoms with E-state index in [1.54, 1.807) is 24.3 Å². The van der Waals surface area contributed by atoms with Crippen molar-refractivity contribution < 1.29 is 9.59 Å². The average molecular weight is 451 g/mol. The fourth-order valence-electron chi connectivity index (χ4n) is 3.59. The van der Waals surface area contributed by atoms with Gasteiger partial charge in [0.15, 0.2) is 0 Å². The molecule has 2 heterocycles. The van der Waals surface area contributed by atoms with Gasteiger partial charge in [0.05, 0.1) is 11.1 Å². The molecule has 0 saturated carbocycles. The van der Waals surface area contributed by atoms with Gasteiger partial charge in [0.2, 0.25) is 0 Å². The van der Waals surface area contributed by atoms with Crippen molar-refractivity contribution in [2.75, 3.05) is 44.2 Å². The number of fused-ring (bicyclic) bond motifs is 1. The maximum atomic E-state index is 12.4. The summed E-state index contributed by atoms with van der Waals surface area (Å²) in [7, 11) is 0. The molecule has 0 atom stereocenters. The number of hydrogen-bond acceptors (Lipinski definition) is 4. The fraction of sp³-hybridized carbons (Fsp3) is 0.300. The molecule has 0 radical (unpaired) electrons. The quantitative estimate of drug-likeness (QED) is 0.670. The van der Waals surface area contributed by atoms with Gasteiger partial charge in [0.1, 0.15) is 0 Å². The summed E-state index contributed by atoms with van der Waals surface area (Å²) in [4.78, 5) is 30.8. The second-order valence-electron chi connectivity index (χ2n) is 6.62. The fourth-order valence-corrected chi connectivity index (χ4v) is 3.77. The Morgan fingerprint density at radius 2 is 1.44 bits per heavy atom. The topological polar surface area (TPSA) is 43.9 Å². The van der Waals surface area contributed by atoms with Gasteiger partial charge in [0.25, 0.3) is 11.8 Å². The third-order valence-corrected chi connectivity index (χ3v) is 5.30. The largest absolute Gasteiger partial charge is 0.369 e. The van der Waals surface area contributed by atoms with Crippen LogP contribution in [0.15, 0.2) is 48.5 Å². The molecule has 0 unspecified atom stereocenters. The highest BCUT2D eigenvalue weighted by Gasteiger charge is 2.35. The SMILES string of the molecule is Br.O=C1c2ccccc2C(=O)N1CCN1CCN(c2cccc(Cl)c2)CC1. The first-order valence-corrected chi connectivity index (χ1v) is 9.19. The number of halogens is 2. The lowest BCUT2D eigenvalue weighted by Gasteiger charge is -2.36. The molecule has 0 aliphatic carbocycles. The summed E-state index contributed by atoms with van der Waals surface area (Å²) >= 11 is 6.07. The Morgan fingerprint density at radius 3 is 2.04 bits per heavy atom. The van der Waals surface area contributed by atoms with Crippen molar-refractivity contribution in [3.8, 4) is 0 Å². The predicted octanol–water partition coefficient (Wildman–Crippen LogP) is 3.34. The first-order valence-electron chi connectivity index (χ1n) is 8.81. The van der Waals surface area contributed by atoms with Crippen LogP contribution in [0.5, 0.6) is 0 Å². The number of carbonyl (C=O) groups is 2. The summed E-state index contributed by atoms with van der Waals surface area (Å²) in [5.74, 6) is -0.355. The van der Waals surface area contributed by atoms with Crippen molar-refractivity contribution in [2.24, 2.45) is 0 Å². The molecule has 142 valence electrons. The first-order chi connectivity index (χ1) is 12.6. The Morgan fingerprint density at radius 1 is 0.815 bits per heavy atom. The van der Waals surface area contributed by atoms with Crippen molar-refractivity contribution in [1.82, 2.24) is 9.80 Å². The van der Waals surface area contributed by atoms with Gasteiger partial charge in [0, 0.05) is 50.0 Å². The summed E-state index contributed by atoms with van der Waals surface area (Å²) in [5.41, 5.74) is 2.17. The maximum Gasteiger partial charge on any atom is 0.261 e. The van der Waals surface area contributed by atoms with E-state index in [1.165, 1.54) is 4.90 Å². The number of nitrogens with zero attached hydrogens (tertiary/aromatic N) is 3. The van der Waals surface area contributed by atoms with E-state index in [1.807, 2.05) is 18.2 Å². The van der Waals surface area contributed by atoms with Crippen LogP contribution in [-0.4, -0.2) is 60.9 Å². The molecular formula is C20H21BrClN3O2. The number of hydrogen-bond donors (Lipinski definition) is 0. The van der Waals surface area contributed by atoms with E-state index in [0.717, 1.165) is 36.9 Å². The lowest BCUT2D eigenvalue weighted by molar-refractivity contribution is 0.0635. The standard InChI is InChI=1S/C20H20ClN3O2.BrH/c21-15-4-3-5-16(14-15)23-11-8-22(9-12-23)10-13-24-19(25)17-6-1-2-7-18(17)20(24)26;/h1-7,14H,8-13H2;1H. The minimum absolute atomic E-state index is 0. The van der Waals surface area contributed by atoms with Crippen molar-refractivity contribution in [3.05, 3.63) is 64.7 Å². The Balaban J connectivity index is 0.00000210. The molecule has 2 aliphatic heterocycles. The third-order valence-electron chi connectivity index (χ3n) is 5.06. The first kappa shape index (κ1) is 19.9. The normalized spacial score (nSPS) is 17.1. The van der Waals surface area contributed by atoms with Crippen molar-refractivity contribution >= 4 is 46.1 Å². The molecule has 4 rings (SSSR count). The van der Waals surface area contributed by atoms with Crippen LogP contribution in [0.25, 0.3) is 0 Å². The van der Waals surface area contributed by atoms with Crippen LogP contribution in [0.3, 0.4) is 0 Å². The van der Waals surface area contributed by atoms with Gasteiger partial charge in [-0.15, -0.1) is 17.0 Å². The second kappa shape index (κ2) is 8.42. The molecule has 0 bridgehead atoms. The number of imide groups is 1. The molecule has 0 N–H and O–H groups in total. The zero-order valence-corrected chi connectivity index (χ0v) is 17.3. The molecule has 1 fully saturated rings. The summed E-state index contributed by atoms with van der Waals surface area (Å²) in [5, 5.41) is 0.746. The molecular weight excluding hydrogens is 430 g/mol. The Bertz CT molecular complexity index is 818. The van der Waals surface area contributed by atoms with E-state index >= 15 is 0 Å². The second-order valence-corrected chi connectivity index (χ2v) is 7.05. The van der Waals surface area contributed by atoms with E-state index in [4.69, 9.17) is 11.6 Å². The molecule has 2 aliphatic rings. The number of carbonyl (C=O) groups excluding carboxylic acids is 2. The van der Waals surface area contributed by atoms with Gasteiger partial charge >= 0.3 is 0 Å². The highest BCUT2D eigenvalue weighted by Crippen LogP contribution is 2.23. The third kappa shape index (κ3) is 4.03. The van der Waals surface area contributed by atoms with Gasteiger partial charge in [-0.25, -0.2) is 0 Å². The van der Waals surface area contributed by atoms with Crippen LogP contribution in [0.1, 0.15) is 20.7 Å². The number of piperazine rings is 1. The number of benzene rings is 2. The Labute approximate surface area is 174 Å². The highest BCUT2D eigenvalue weighted by molar-refractivity contribution is 8.93. The van der Waals surface area contributed by atoms with Crippen molar-refractivity contribution in [2.45, 2.75) is 0 Å². The summed E-state index contributed by atoms with van der Waals surface area (Å²) in [6.45, 7) is 4.74. The van der Waals surface area contributed by atoms with Crippen LogP contribution in [0.4, 0.5) is 5.69 Å². The van der Waals surface area contributed by atoms with Crippen LogP contribution in [0, 0.1) is 0 Å². The molecule has 2 aromatic carbocycles. The number of amides is 2. The number of rotatable bonds is 4. The summed E-state index contributed by atoms with van der Waals surface area (Å²) in [6, 6.07) is 14.9. The minimum Gasteiger partial charge on any atom is -0.369 e. The van der Waals surface area contributed by atoms with E-state index in [0.29, 0.717) is 24.2 Å². The Kier molecular flexibility index (Phi) is 6.19. The van der Waals surface area contributed by atoms with Crippen LogP contribution < -0.4 is 4.90 Å². The van der Waals surface area contributed by atoms with E-state index in [2.05, 4.69) is 15.9 Å². The molecule has 5 nitrogen and oxygen atoms in total. The molecule has 2 amide bonds. The Hall–Kier alpha value is -1.89. The van der Waals surface area contributed by atoms with E-state index < -0.39 is 0 Å². The average Bonchev–Trinajstić information content (AvgIpc) is 2.91. The lowest BCUT2D eigenvalue weighted by atomic mass is 10.1. The monoisotopic (exact) mass is 449 g/mol.